The highest BCUT2D eigenvalue weighted by Gasteiger charge is 2.53. The zero-order chi connectivity index (χ0) is 25.5. The van der Waals surface area contributed by atoms with Crippen LogP contribution in [0.4, 0.5) is 13.2 Å². The van der Waals surface area contributed by atoms with Gasteiger partial charge in [0.25, 0.3) is 0 Å². The molecule has 3 aromatic rings. The van der Waals surface area contributed by atoms with Crippen LogP contribution in [0, 0.1) is 5.92 Å². The first-order chi connectivity index (χ1) is 17.3. The second-order valence-electron chi connectivity index (χ2n) is 9.05. The minimum Gasteiger partial charge on any atom is -0.497 e. The Bertz CT molecular complexity index is 1290. The van der Waals surface area contributed by atoms with Crippen LogP contribution >= 0.6 is 0 Å². The van der Waals surface area contributed by atoms with Crippen LogP contribution in [-0.2, 0) is 17.6 Å². The van der Waals surface area contributed by atoms with E-state index in [1.165, 1.54) is 6.07 Å². The standard InChI is InChI=1S/C26H28F3N3O4/c1-4-19-9-10-30-15-25(19)32(14-17-5-7-20(33-2)13-22(17)34-3)24(31-36-25)16-6-8-21-18(11-16)12-23(35-21)26(27,28)29/h5-8,11-13,19,30H,4,9-10,14-15H2,1-3H3. The maximum absolute atomic E-state index is 13.2. The first-order valence-electron chi connectivity index (χ1n) is 11.9. The van der Waals surface area contributed by atoms with Crippen molar-refractivity contribution in [1.82, 2.24) is 10.2 Å². The Labute approximate surface area is 206 Å². The molecule has 5 rings (SSSR count). The van der Waals surface area contributed by atoms with Crippen LogP contribution in [0.3, 0.4) is 0 Å². The van der Waals surface area contributed by atoms with Gasteiger partial charge >= 0.3 is 6.18 Å². The molecule has 36 heavy (non-hydrogen) atoms. The van der Waals surface area contributed by atoms with E-state index < -0.39 is 17.7 Å². The average Bonchev–Trinajstić information content (AvgIpc) is 3.46. The molecule has 2 aliphatic heterocycles. The lowest BCUT2D eigenvalue weighted by atomic mass is 9.84. The van der Waals surface area contributed by atoms with Gasteiger partial charge in [0.15, 0.2) is 5.84 Å². The van der Waals surface area contributed by atoms with Gasteiger partial charge in [-0.1, -0.05) is 12.1 Å². The van der Waals surface area contributed by atoms with Gasteiger partial charge in [-0.15, -0.1) is 0 Å². The van der Waals surface area contributed by atoms with E-state index in [1.54, 1.807) is 26.4 Å². The number of nitrogens with zero attached hydrogens (tertiary/aromatic N) is 2. The van der Waals surface area contributed by atoms with Crippen molar-refractivity contribution in [3.8, 4) is 11.5 Å². The number of piperidine rings is 1. The van der Waals surface area contributed by atoms with Crippen LogP contribution in [-0.4, -0.2) is 43.8 Å². The summed E-state index contributed by atoms with van der Waals surface area (Å²) in [6.07, 6.45) is -2.77. The number of furan rings is 1. The number of rotatable bonds is 6. The SMILES string of the molecule is CCC1CCNCC12ON=C(c1ccc3oc(C(F)(F)F)cc3c1)N2Cc1ccc(OC)cc1OC. The smallest absolute Gasteiger partial charge is 0.449 e. The molecule has 10 heteroatoms. The summed E-state index contributed by atoms with van der Waals surface area (Å²) in [5, 5.41) is 8.28. The maximum Gasteiger partial charge on any atom is 0.449 e. The maximum atomic E-state index is 13.2. The molecule has 2 atom stereocenters. The van der Waals surface area contributed by atoms with Crippen LogP contribution in [0.2, 0.25) is 0 Å². The number of methoxy groups -OCH3 is 2. The first-order valence-corrected chi connectivity index (χ1v) is 11.9. The van der Waals surface area contributed by atoms with E-state index in [9.17, 15) is 13.2 Å². The van der Waals surface area contributed by atoms with Crippen LogP contribution in [0.1, 0.15) is 36.7 Å². The lowest BCUT2D eigenvalue weighted by Gasteiger charge is -2.45. The van der Waals surface area contributed by atoms with Gasteiger partial charge in [0.2, 0.25) is 11.5 Å². The van der Waals surface area contributed by atoms with Crippen molar-refractivity contribution in [2.75, 3.05) is 27.3 Å². The van der Waals surface area contributed by atoms with Crippen LogP contribution in [0.5, 0.6) is 11.5 Å². The fourth-order valence-corrected chi connectivity index (χ4v) is 5.15. The number of hydrogen-bond donors (Lipinski definition) is 1. The number of ether oxygens (including phenoxy) is 2. The van der Waals surface area contributed by atoms with Gasteiger partial charge in [-0.25, -0.2) is 0 Å². The average molecular weight is 504 g/mol. The summed E-state index contributed by atoms with van der Waals surface area (Å²) >= 11 is 0. The third kappa shape index (κ3) is 4.13. The molecule has 2 aromatic carbocycles. The lowest BCUT2D eigenvalue weighted by molar-refractivity contribution is -0.152. The van der Waals surface area contributed by atoms with Gasteiger partial charge in [-0.05, 0) is 55.8 Å². The third-order valence-corrected chi connectivity index (χ3v) is 7.06. The van der Waals surface area contributed by atoms with E-state index >= 15 is 0 Å². The molecule has 0 amide bonds. The predicted molar refractivity (Wildman–Crippen MR) is 128 cm³/mol. The lowest BCUT2D eigenvalue weighted by Crippen LogP contribution is -2.62. The van der Waals surface area contributed by atoms with Gasteiger partial charge in [-0.2, -0.15) is 13.2 Å². The Morgan fingerprint density at radius 2 is 1.97 bits per heavy atom. The van der Waals surface area contributed by atoms with Crippen molar-refractivity contribution >= 4 is 16.8 Å². The molecule has 3 heterocycles. The highest BCUT2D eigenvalue weighted by Crippen LogP contribution is 2.42. The van der Waals surface area contributed by atoms with Gasteiger partial charge in [0.1, 0.15) is 17.1 Å². The quantitative estimate of drug-likeness (QED) is 0.487. The van der Waals surface area contributed by atoms with E-state index in [0.29, 0.717) is 41.4 Å². The van der Waals surface area contributed by atoms with Crippen molar-refractivity contribution in [3.63, 3.8) is 0 Å². The summed E-state index contributed by atoms with van der Waals surface area (Å²) in [4.78, 5) is 8.31. The predicted octanol–water partition coefficient (Wildman–Crippen LogP) is 5.38. The third-order valence-electron chi connectivity index (χ3n) is 7.06. The number of halogens is 3. The molecular formula is C26H28F3N3O4. The van der Waals surface area contributed by atoms with Gasteiger partial charge < -0.3 is 28.9 Å². The van der Waals surface area contributed by atoms with Crippen molar-refractivity contribution < 1.29 is 31.9 Å². The number of nitrogens with one attached hydrogen (secondary N) is 1. The van der Waals surface area contributed by atoms with Crippen LogP contribution in [0.25, 0.3) is 11.0 Å². The molecule has 192 valence electrons. The number of amidine groups is 1. The number of fused-ring (bicyclic) bond motifs is 1. The molecule has 2 unspecified atom stereocenters. The zero-order valence-corrected chi connectivity index (χ0v) is 20.3. The number of alkyl halides is 3. The van der Waals surface area contributed by atoms with Crippen molar-refractivity contribution in [1.29, 1.82) is 0 Å². The van der Waals surface area contributed by atoms with Gasteiger partial charge in [-0.3, -0.25) is 0 Å². The van der Waals surface area contributed by atoms with Crippen molar-refractivity contribution in [3.05, 3.63) is 59.4 Å². The monoisotopic (exact) mass is 503 g/mol. The number of oxime groups is 1. The Hall–Kier alpha value is -3.40. The molecule has 2 aliphatic rings. The molecule has 7 nitrogen and oxygen atoms in total. The van der Waals surface area contributed by atoms with E-state index in [1.807, 2.05) is 18.2 Å². The zero-order valence-electron chi connectivity index (χ0n) is 20.3. The van der Waals surface area contributed by atoms with Gasteiger partial charge in [0, 0.05) is 28.5 Å². The van der Waals surface area contributed by atoms with E-state index in [0.717, 1.165) is 31.0 Å². The van der Waals surface area contributed by atoms with E-state index in [2.05, 4.69) is 22.3 Å². The Morgan fingerprint density at radius 1 is 1.14 bits per heavy atom. The normalized spacial score (nSPS) is 22.1. The Balaban J connectivity index is 1.57. The Kier molecular flexibility index (Phi) is 6.23. The molecule has 0 bridgehead atoms. The van der Waals surface area contributed by atoms with Gasteiger partial charge in [0.05, 0.1) is 27.3 Å². The molecule has 0 aliphatic carbocycles. The molecule has 1 spiro atoms. The summed E-state index contributed by atoms with van der Waals surface area (Å²) in [6, 6.07) is 11.5. The first kappa shape index (κ1) is 24.3. The molecule has 0 saturated carbocycles. The summed E-state index contributed by atoms with van der Waals surface area (Å²) in [5.74, 6) is 1.05. The molecule has 1 N–H and O–H groups in total. The largest absolute Gasteiger partial charge is 0.497 e. The summed E-state index contributed by atoms with van der Waals surface area (Å²) in [5.41, 5.74) is 0.965. The fourth-order valence-electron chi connectivity index (χ4n) is 5.15. The molecule has 1 saturated heterocycles. The summed E-state index contributed by atoms with van der Waals surface area (Å²) in [6.45, 7) is 3.98. The van der Waals surface area contributed by atoms with Crippen molar-refractivity contribution in [2.24, 2.45) is 11.1 Å². The van der Waals surface area contributed by atoms with E-state index in [4.69, 9.17) is 18.7 Å². The molecule has 0 radical (unpaired) electrons. The minimum atomic E-state index is -4.56. The van der Waals surface area contributed by atoms with E-state index in [-0.39, 0.29) is 11.5 Å². The Morgan fingerprint density at radius 3 is 2.69 bits per heavy atom. The van der Waals surface area contributed by atoms with Crippen LogP contribution in [0.15, 0.2) is 52.0 Å². The number of hydrogen-bond acceptors (Lipinski definition) is 7. The topological polar surface area (TPSA) is 68.5 Å². The molecule has 1 aromatic heterocycles. The van der Waals surface area contributed by atoms with Crippen LogP contribution < -0.4 is 14.8 Å². The second-order valence-corrected chi connectivity index (χ2v) is 9.05. The highest BCUT2D eigenvalue weighted by atomic mass is 19.4. The fraction of sp³-hybridized carbons (Fsp3) is 0.423. The minimum absolute atomic E-state index is 0.162. The summed E-state index contributed by atoms with van der Waals surface area (Å²) in [7, 11) is 3.20. The highest BCUT2D eigenvalue weighted by molar-refractivity contribution is 6.02. The number of benzene rings is 2. The second kappa shape index (κ2) is 9.24. The molecular weight excluding hydrogens is 475 g/mol. The van der Waals surface area contributed by atoms with Crippen molar-refractivity contribution in [2.45, 2.75) is 38.2 Å². The molecule has 1 fully saturated rings. The summed E-state index contributed by atoms with van der Waals surface area (Å²) < 4.78 is 55.6.